The molecule has 2 aliphatic rings. The van der Waals surface area contributed by atoms with Crippen LogP contribution < -0.4 is 19.1 Å². The molecule has 3 unspecified atom stereocenters. The number of allylic oxidation sites excluding steroid dienone is 1. The molecule has 2 aromatic carbocycles. The van der Waals surface area contributed by atoms with Crippen LogP contribution in [-0.4, -0.2) is 26.1 Å². The standard InChI is InChI=1S/C33H46O6/c1-7-19-35-27-17-15-26(16-18-27)25-12-10-11-24(13-14-25)20-28-23(6)31(39-36-9-3)33-29(32(28)34-8-2)21-30(38-33)37-22(4)5/h15-18,24-25,30H,4,7-14,19-21H2,1-3,5-6H3. The van der Waals surface area contributed by atoms with Gasteiger partial charge in [-0.2, -0.15) is 4.89 Å². The van der Waals surface area contributed by atoms with Crippen molar-refractivity contribution in [1.82, 2.24) is 0 Å². The fourth-order valence-electron chi connectivity index (χ4n) is 5.88. The average Bonchev–Trinajstić information content (AvgIpc) is 3.18. The minimum atomic E-state index is -0.451. The van der Waals surface area contributed by atoms with Gasteiger partial charge < -0.3 is 23.8 Å². The summed E-state index contributed by atoms with van der Waals surface area (Å²) in [6.07, 6.45) is 8.11. The zero-order valence-corrected chi connectivity index (χ0v) is 24.5. The Kier molecular flexibility index (Phi) is 10.4. The topological polar surface area (TPSA) is 55.4 Å². The third-order valence-corrected chi connectivity index (χ3v) is 7.73. The van der Waals surface area contributed by atoms with Gasteiger partial charge in [0.2, 0.25) is 12.0 Å². The first-order chi connectivity index (χ1) is 18.9. The van der Waals surface area contributed by atoms with Crippen LogP contribution >= 0.6 is 0 Å². The van der Waals surface area contributed by atoms with E-state index in [4.69, 9.17) is 28.7 Å². The Balaban J connectivity index is 1.54. The Hall–Kier alpha value is -2.86. The normalized spacial score (nSPS) is 20.5. The van der Waals surface area contributed by atoms with E-state index < -0.39 is 6.29 Å². The molecule has 0 saturated heterocycles. The molecule has 0 bridgehead atoms. The highest BCUT2D eigenvalue weighted by Gasteiger charge is 2.36. The SMILES string of the molecule is C=C(C)OC1Cc2c(OCC)c(CC3CCCC(c4ccc(OCCC)cc4)CC3)c(C)c(OOCC)c2O1. The summed E-state index contributed by atoms with van der Waals surface area (Å²) in [7, 11) is 0. The van der Waals surface area contributed by atoms with Crippen LogP contribution in [0.2, 0.25) is 0 Å². The Bertz CT molecular complexity index is 1090. The number of hydrogen-bond donors (Lipinski definition) is 0. The molecule has 3 atom stereocenters. The number of ether oxygens (including phenoxy) is 4. The molecule has 2 aromatic rings. The lowest BCUT2D eigenvalue weighted by Gasteiger charge is -2.23. The Morgan fingerprint density at radius 3 is 2.46 bits per heavy atom. The van der Waals surface area contributed by atoms with Crippen LogP contribution in [-0.2, 0) is 22.5 Å². The van der Waals surface area contributed by atoms with E-state index in [-0.39, 0.29) is 0 Å². The van der Waals surface area contributed by atoms with Crippen molar-refractivity contribution in [2.45, 2.75) is 98.2 Å². The van der Waals surface area contributed by atoms with Gasteiger partial charge in [-0.3, -0.25) is 0 Å². The molecule has 214 valence electrons. The summed E-state index contributed by atoms with van der Waals surface area (Å²) in [5, 5.41) is 0. The summed E-state index contributed by atoms with van der Waals surface area (Å²) in [4.78, 5) is 11.2. The van der Waals surface area contributed by atoms with Crippen LogP contribution in [0.15, 0.2) is 36.6 Å². The molecule has 1 heterocycles. The van der Waals surface area contributed by atoms with Gasteiger partial charge in [0, 0.05) is 16.7 Å². The zero-order valence-electron chi connectivity index (χ0n) is 24.5. The number of hydrogen-bond acceptors (Lipinski definition) is 6. The van der Waals surface area contributed by atoms with Crippen LogP contribution in [0.25, 0.3) is 0 Å². The second-order valence-corrected chi connectivity index (χ2v) is 10.8. The van der Waals surface area contributed by atoms with E-state index in [2.05, 4.69) is 44.7 Å². The quantitative estimate of drug-likeness (QED) is 0.111. The van der Waals surface area contributed by atoms with E-state index in [1.54, 1.807) is 0 Å². The molecule has 0 aromatic heterocycles. The lowest BCUT2D eigenvalue weighted by molar-refractivity contribution is -0.204. The van der Waals surface area contributed by atoms with Crippen molar-refractivity contribution in [2.75, 3.05) is 19.8 Å². The first-order valence-corrected chi connectivity index (χ1v) is 14.8. The third-order valence-electron chi connectivity index (χ3n) is 7.73. The van der Waals surface area contributed by atoms with Gasteiger partial charge in [-0.1, -0.05) is 38.5 Å². The number of benzene rings is 2. The fraction of sp³-hybridized carbons (Fsp3) is 0.576. The van der Waals surface area contributed by atoms with Crippen molar-refractivity contribution >= 4 is 0 Å². The lowest BCUT2D eigenvalue weighted by Crippen LogP contribution is -2.16. The lowest BCUT2D eigenvalue weighted by atomic mass is 9.87. The van der Waals surface area contributed by atoms with Crippen LogP contribution in [0.3, 0.4) is 0 Å². The van der Waals surface area contributed by atoms with E-state index in [9.17, 15) is 0 Å². The van der Waals surface area contributed by atoms with Crippen molar-refractivity contribution < 1.29 is 28.7 Å². The molecule has 1 fully saturated rings. The van der Waals surface area contributed by atoms with Crippen LogP contribution in [0.4, 0.5) is 0 Å². The number of fused-ring (bicyclic) bond motifs is 1. The second-order valence-electron chi connectivity index (χ2n) is 10.8. The van der Waals surface area contributed by atoms with Crippen LogP contribution in [0, 0.1) is 12.8 Å². The maximum atomic E-state index is 6.31. The zero-order chi connectivity index (χ0) is 27.8. The molecule has 0 spiro atoms. The predicted molar refractivity (Wildman–Crippen MR) is 154 cm³/mol. The number of rotatable bonds is 13. The molecule has 1 saturated carbocycles. The summed E-state index contributed by atoms with van der Waals surface area (Å²) in [6, 6.07) is 8.77. The molecular weight excluding hydrogens is 492 g/mol. The maximum absolute atomic E-state index is 6.31. The van der Waals surface area contributed by atoms with E-state index >= 15 is 0 Å². The molecule has 6 nitrogen and oxygen atoms in total. The van der Waals surface area contributed by atoms with Crippen LogP contribution in [0.5, 0.6) is 23.0 Å². The molecule has 1 aliphatic carbocycles. The van der Waals surface area contributed by atoms with Crippen molar-refractivity contribution in [3.8, 4) is 23.0 Å². The van der Waals surface area contributed by atoms with E-state index in [0.29, 0.717) is 48.7 Å². The van der Waals surface area contributed by atoms with Crippen molar-refractivity contribution in [3.05, 3.63) is 58.9 Å². The van der Waals surface area contributed by atoms with Crippen molar-refractivity contribution in [1.29, 1.82) is 0 Å². The Morgan fingerprint density at radius 1 is 0.974 bits per heavy atom. The maximum Gasteiger partial charge on any atom is 0.245 e. The molecule has 1 aliphatic heterocycles. The first-order valence-electron chi connectivity index (χ1n) is 14.8. The Morgan fingerprint density at radius 2 is 1.77 bits per heavy atom. The first kappa shape index (κ1) is 29.1. The summed E-state index contributed by atoms with van der Waals surface area (Å²) in [5.74, 6) is 4.96. The summed E-state index contributed by atoms with van der Waals surface area (Å²) < 4.78 is 24.1. The highest BCUT2D eigenvalue weighted by Crippen LogP contribution is 2.50. The molecule has 39 heavy (non-hydrogen) atoms. The summed E-state index contributed by atoms with van der Waals surface area (Å²) in [5.41, 5.74) is 4.64. The molecule has 0 amide bonds. The van der Waals surface area contributed by atoms with Gasteiger partial charge in [-0.15, -0.1) is 0 Å². The van der Waals surface area contributed by atoms with E-state index in [1.165, 1.54) is 43.2 Å². The Labute approximate surface area is 234 Å². The van der Waals surface area contributed by atoms with Gasteiger partial charge in [0.25, 0.3) is 0 Å². The van der Waals surface area contributed by atoms with Gasteiger partial charge in [-0.05, 0) is 89.3 Å². The van der Waals surface area contributed by atoms with Crippen molar-refractivity contribution in [3.63, 3.8) is 0 Å². The predicted octanol–water partition coefficient (Wildman–Crippen LogP) is 8.23. The summed E-state index contributed by atoms with van der Waals surface area (Å²) >= 11 is 0. The molecule has 0 N–H and O–H groups in total. The molecular formula is C33H46O6. The van der Waals surface area contributed by atoms with Crippen LogP contribution in [0.1, 0.15) is 94.4 Å². The highest BCUT2D eigenvalue weighted by atomic mass is 17.2. The van der Waals surface area contributed by atoms with Gasteiger partial charge in [0.1, 0.15) is 11.5 Å². The average molecular weight is 539 g/mol. The largest absolute Gasteiger partial charge is 0.494 e. The molecule has 6 heteroatoms. The molecule has 0 radical (unpaired) electrons. The van der Waals surface area contributed by atoms with Crippen molar-refractivity contribution in [2.24, 2.45) is 5.92 Å². The third kappa shape index (κ3) is 7.21. The van der Waals surface area contributed by atoms with Gasteiger partial charge in [0.15, 0.2) is 5.75 Å². The van der Waals surface area contributed by atoms with E-state index in [0.717, 1.165) is 42.1 Å². The highest BCUT2D eigenvalue weighted by molar-refractivity contribution is 5.64. The minimum absolute atomic E-state index is 0.443. The summed E-state index contributed by atoms with van der Waals surface area (Å²) in [6.45, 7) is 15.7. The van der Waals surface area contributed by atoms with E-state index in [1.807, 2.05) is 20.8 Å². The van der Waals surface area contributed by atoms with Gasteiger partial charge in [0.05, 0.1) is 32.0 Å². The monoisotopic (exact) mass is 538 g/mol. The minimum Gasteiger partial charge on any atom is -0.494 e. The molecule has 4 rings (SSSR count). The fourth-order valence-corrected chi connectivity index (χ4v) is 5.88. The second kappa shape index (κ2) is 14.0. The van der Waals surface area contributed by atoms with Gasteiger partial charge in [-0.25, -0.2) is 0 Å². The smallest absolute Gasteiger partial charge is 0.245 e. The van der Waals surface area contributed by atoms with Gasteiger partial charge >= 0.3 is 0 Å².